The van der Waals surface area contributed by atoms with E-state index in [0.717, 1.165) is 21.8 Å². The number of rotatable bonds is 8. The molecule has 0 fully saturated rings. The van der Waals surface area contributed by atoms with E-state index in [0.29, 0.717) is 29.0 Å². The molecule has 0 spiro atoms. The standard InChI is InChI=1S/C26H25N3O3S/c1-17-11-13-18(14-12-17)27-21-9-5-6-10-22(21)28-24(30)23(15-16-33-2)29-25(31)19-7-3-4-8-20(19)26(29)32/h3-14,23,27H,15-16H2,1-2H3,(H,28,30). The number of amides is 3. The van der Waals surface area contributed by atoms with Gasteiger partial charge in [0.2, 0.25) is 5.91 Å². The molecule has 1 aliphatic heterocycles. The molecule has 0 aromatic heterocycles. The lowest BCUT2D eigenvalue weighted by atomic mass is 10.1. The number of thioether (sulfide) groups is 1. The fourth-order valence-electron chi connectivity index (χ4n) is 3.81. The first-order valence-corrected chi connectivity index (χ1v) is 12.1. The smallest absolute Gasteiger partial charge is 0.262 e. The Kier molecular flexibility index (Phi) is 6.79. The molecule has 7 heteroatoms. The van der Waals surface area contributed by atoms with Gasteiger partial charge in [-0.2, -0.15) is 11.8 Å². The Morgan fingerprint density at radius 3 is 2.06 bits per heavy atom. The molecule has 3 aromatic carbocycles. The maximum Gasteiger partial charge on any atom is 0.262 e. The van der Waals surface area contributed by atoms with Crippen LogP contribution in [0.2, 0.25) is 0 Å². The average molecular weight is 460 g/mol. The average Bonchev–Trinajstić information content (AvgIpc) is 3.07. The number of aryl methyl sites for hydroxylation is 1. The van der Waals surface area contributed by atoms with E-state index in [9.17, 15) is 14.4 Å². The zero-order chi connectivity index (χ0) is 23.4. The van der Waals surface area contributed by atoms with E-state index in [-0.39, 0.29) is 0 Å². The Hall–Kier alpha value is -3.58. The van der Waals surface area contributed by atoms with Crippen LogP contribution in [-0.4, -0.2) is 40.7 Å². The summed E-state index contributed by atoms with van der Waals surface area (Å²) in [6.45, 7) is 2.02. The number of hydrogen-bond acceptors (Lipinski definition) is 5. The van der Waals surface area contributed by atoms with Crippen molar-refractivity contribution in [1.82, 2.24) is 4.90 Å². The van der Waals surface area contributed by atoms with Crippen molar-refractivity contribution in [2.45, 2.75) is 19.4 Å². The number of carbonyl (C=O) groups is 3. The maximum absolute atomic E-state index is 13.4. The summed E-state index contributed by atoms with van der Waals surface area (Å²) in [7, 11) is 0. The normalized spacial score (nSPS) is 13.6. The van der Waals surface area contributed by atoms with Crippen LogP contribution in [0.3, 0.4) is 0 Å². The summed E-state index contributed by atoms with van der Waals surface area (Å²) in [6, 6.07) is 21.1. The van der Waals surface area contributed by atoms with Crippen LogP contribution in [0.1, 0.15) is 32.7 Å². The molecule has 3 aromatic rings. The van der Waals surface area contributed by atoms with Gasteiger partial charge in [-0.15, -0.1) is 0 Å². The summed E-state index contributed by atoms with van der Waals surface area (Å²) in [4.78, 5) is 40.5. The lowest BCUT2D eigenvalue weighted by molar-refractivity contribution is -0.120. The van der Waals surface area contributed by atoms with Gasteiger partial charge < -0.3 is 10.6 Å². The van der Waals surface area contributed by atoms with Crippen LogP contribution in [0, 0.1) is 6.92 Å². The molecule has 0 bridgehead atoms. The SMILES string of the molecule is CSCCC(C(=O)Nc1ccccc1Nc1ccc(C)cc1)N1C(=O)c2ccccc2C1=O. The van der Waals surface area contributed by atoms with Gasteiger partial charge >= 0.3 is 0 Å². The number of para-hydroxylation sites is 2. The van der Waals surface area contributed by atoms with Gasteiger partial charge in [-0.25, -0.2) is 0 Å². The topological polar surface area (TPSA) is 78.5 Å². The van der Waals surface area contributed by atoms with E-state index in [1.165, 1.54) is 0 Å². The van der Waals surface area contributed by atoms with Crippen LogP contribution in [0.15, 0.2) is 72.8 Å². The van der Waals surface area contributed by atoms with Gasteiger partial charge in [0.05, 0.1) is 22.5 Å². The second-order valence-corrected chi connectivity index (χ2v) is 8.83. The molecule has 0 aliphatic carbocycles. The quantitative estimate of drug-likeness (QED) is 0.459. The van der Waals surface area contributed by atoms with E-state index in [1.807, 2.05) is 55.6 Å². The fourth-order valence-corrected chi connectivity index (χ4v) is 4.27. The molecule has 0 saturated heterocycles. The largest absolute Gasteiger partial charge is 0.354 e. The van der Waals surface area contributed by atoms with Crippen molar-refractivity contribution in [3.8, 4) is 0 Å². The summed E-state index contributed by atoms with van der Waals surface area (Å²) >= 11 is 1.56. The van der Waals surface area contributed by atoms with E-state index < -0.39 is 23.8 Å². The molecular weight excluding hydrogens is 434 g/mol. The van der Waals surface area contributed by atoms with E-state index >= 15 is 0 Å². The summed E-state index contributed by atoms with van der Waals surface area (Å²) < 4.78 is 0. The molecule has 6 nitrogen and oxygen atoms in total. The van der Waals surface area contributed by atoms with Crippen LogP contribution in [0.4, 0.5) is 17.1 Å². The minimum Gasteiger partial charge on any atom is -0.354 e. The van der Waals surface area contributed by atoms with Gasteiger partial charge in [-0.1, -0.05) is 42.0 Å². The molecule has 1 unspecified atom stereocenters. The van der Waals surface area contributed by atoms with E-state index in [1.54, 1.807) is 42.1 Å². The van der Waals surface area contributed by atoms with Crippen LogP contribution in [-0.2, 0) is 4.79 Å². The van der Waals surface area contributed by atoms with Crippen LogP contribution < -0.4 is 10.6 Å². The Balaban J connectivity index is 1.58. The molecule has 1 atom stereocenters. The molecular formula is C26H25N3O3S. The highest BCUT2D eigenvalue weighted by atomic mass is 32.2. The van der Waals surface area contributed by atoms with Crippen molar-refractivity contribution >= 4 is 46.5 Å². The first kappa shape index (κ1) is 22.6. The van der Waals surface area contributed by atoms with Crippen molar-refractivity contribution < 1.29 is 14.4 Å². The van der Waals surface area contributed by atoms with Crippen LogP contribution in [0.25, 0.3) is 0 Å². The molecule has 168 valence electrons. The number of fused-ring (bicyclic) bond motifs is 1. The Morgan fingerprint density at radius 1 is 0.879 bits per heavy atom. The van der Waals surface area contributed by atoms with Crippen molar-refractivity contribution in [3.63, 3.8) is 0 Å². The highest BCUT2D eigenvalue weighted by Crippen LogP contribution is 2.29. The summed E-state index contributed by atoms with van der Waals surface area (Å²) in [5.41, 5.74) is 4.02. The molecule has 33 heavy (non-hydrogen) atoms. The number of nitrogens with zero attached hydrogens (tertiary/aromatic N) is 1. The Labute approximate surface area is 197 Å². The summed E-state index contributed by atoms with van der Waals surface area (Å²) in [5, 5.41) is 6.26. The molecule has 3 amide bonds. The number of hydrogen-bond donors (Lipinski definition) is 2. The lowest BCUT2D eigenvalue weighted by Gasteiger charge is -2.25. The van der Waals surface area contributed by atoms with E-state index in [4.69, 9.17) is 0 Å². The Morgan fingerprint density at radius 2 is 1.45 bits per heavy atom. The first-order chi connectivity index (χ1) is 16.0. The van der Waals surface area contributed by atoms with Gasteiger partial charge in [0.1, 0.15) is 6.04 Å². The second-order valence-electron chi connectivity index (χ2n) is 7.85. The lowest BCUT2D eigenvalue weighted by Crippen LogP contribution is -2.47. The third kappa shape index (κ3) is 4.78. The number of imide groups is 1. The van der Waals surface area contributed by atoms with Crippen LogP contribution >= 0.6 is 11.8 Å². The molecule has 4 rings (SSSR count). The van der Waals surface area contributed by atoms with Crippen molar-refractivity contribution in [2.24, 2.45) is 0 Å². The Bertz CT molecular complexity index is 1160. The minimum absolute atomic E-state index is 0.339. The molecule has 0 radical (unpaired) electrons. The molecule has 1 aliphatic rings. The zero-order valence-electron chi connectivity index (χ0n) is 18.5. The van der Waals surface area contributed by atoms with Crippen molar-refractivity contribution in [2.75, 3.05) is 22.6 Å². The third-order valence-corrected chi connectivity index (χ3v) is 6.19. The number of benzene rings is 3. The van der Waals surface area contributed by atoms with Crippen molar-refractivity contribution in [1.29, 1.82) is 0 Å². The predicted molar refractivity (Wildman–Crippen MR) is 133 cm³/mol. The first-order valence-electron chi connectivity index (χ1n) is 10.7. The van der Waals surface area contributed by atoms with Gasteiger partial charge in [0.25, 0.3) is 11.8 Å². The summed E-state index contributed by atoms with van der Waals surface area (Å²) in [6.07, 6.45) is 2.30. The fraction of sp³-hybridized carbons (Fsp3) is 0.192. The highest BCUT2D eigenvalue weighted by Gasteiger charge is 2.42. The monoisotopic (exact) mass is 459 g/mol. The highest BCUT2D eigenvalue weighted by molar-refractivity contribution is 7.98. The third-order valence-electron chi connectivity index (χ3n) is 5.55. The van der Waals surface area contributed by atoms with Gasteiger partial charge in [0, 0.05) is 5.69 Å². The number of carbonyl (C=O) groups excluding carboxylic acids is 3. The molecule has 0 saturated carbocycles. The van der Waals surface area contributed by atoms with Gasteiger partial charge in [-0.3, -0.25) is 19.3 Å². The van der Waals surface area contributed by atoms with Crippen LogP contribution in [0.5, 0.6) is 0 Å². The minimum atomic E-state index is -0.905. The molecule has 1 heterocycles. The van der Waals surface area contributed by atoms with Gasteiger partial charge in [0.15, 0.2) is 0 Å². The second kappa shape index (κ2) is 9.92. The van der Waals surface area contributed by atoms with Gasteiger partial charge in [-0.05, 0) is 61.8 Å². The zero-order valence-corrected chi connectivity index (χ0v) is 19.3. The van der Waals surface area contributed by atoms with Crippen molar-refractivity contribution in [3.05, 3.63) is 89.5 Å². The maximum atomic E-state index is 13.4. The summed E-state index contributed by atoms with van der Waals surface area (Å²) in [5.74, 6) is -0.614. The number of anilines is 3. The predicted octanol–water partition coefficient (Wildman–Crippen LogP) is 5.10. The number of nitrogens with one attached hydrogen (secondary N) is 2. The molecule has 2 N–H and O–H groups in total. The van der Waals surface area contributed by atoms with E-state index in [2.05, 4.69) is 10.6 Å².